The lowest BCUT2D eigenvalue weighted by molar-refractivity contribution is 0.319. The molecule has 4 heteroatoms. The van der Waals surface area contributed by atoms with Gasteiger partial charge in [0.05, 0.1) is 6.61 Å². The predicted octanol–water partition coefficient (Wildman–Crippen LogP) is 2.30. The van der Waals surface area contributed by atoms with Gasteiger partial charge in [-0.3, -0.25) is 10.4 Å². The Morgan fingerprint density at radius 3 is 2.68 bits per heavy atom. The van der Waals surface area contributed by atoms with Gasteiger partial charge in [-0.25, -0.2) is 0 Å². The van der Waals surface area contributed by atoms with Crippen molar-refractivity contribution < 1.29 is 4.74 Å². The zero-order valence-electron chi connectivity index (χ0n) is 10.9. The summed E-state index contributed by atoms with van der Waals surface area (Å²) in [5.41, 5.74) is 8.39. The van der Waals surface area contributed by atoms with E-state index in [1.807, 2.05) is 37.3 Å². The lowest BCUT2D eigenvalue weighted by Gasteiger charge is -2.10. The summed E-state index contributed by atoms with van der Waals surface area (Å²) in [6.07, 6.45) is 4.38. The molecule has 0 amide bonds. The molecule has 1 aromatic carbocycles. The van der Waals surface area contributed by atoms with E-state index < -0.39 is 0 Å². The van der Waals surface area contributed by atoms with Crippen LogP contribution in [-0.4, -0.2) is 17.4 Å². The standard InChI is InChI=1S/C15H17N3O/c1-11-2-3-13(15(16)17)10-14(11)19-9-6-12-4-7-18-8-5-12/h2-5,7-8,10H,6,9H2,1H3,(H3,16,17). The number of pyridine rings is 1. The van der Waals surface area contributed by atoms with Crippen molar-refractivity contribution in [3.63, 3.8) is 0 Å². The van der Waals surface area contributed by atoms with Crippen molar-refractivity contribution in [2.45, 2.75) is 13.3 Å². The van der Waals surface area contributed by atoms with Crippen molar-refractivity contribution in [2.75, 3.05) is 6.61 Å². The SMILES string of the molecule is Cc1ccc(C(=N)N)cc1OCCc1ccncc1. The molecule has 0 aliphatic carbocycles. The van der Waals surface area contributed by atoms with Crippen molar-refractivity contribution >= 4 is 5.84 Å². The lowest BCUT2D eigenvalue weighted by atomic mass is 10.1. The molecule has 19 heavy (non-hydrogen) atoms. The Balaban J connectivity index is 1.99. The third kappa shape index (κ3) is 3.55. The van der Waals surface area contributed by atoms with Crippen LogP contribution in [0.5, 0.6) is 5.75 Å². The van der Waals surface area contributed by atoms with E-state index >= 15 is 0 Å². The molecule has 0 saturated heterocycles. The molecule has 0 bridgehead atoms. The second kappa shape index (κ2) is 6.00. The monoisotopic (exact) mass is 255 g/mol. The van der Waals surface area contributed by atoms with Gasteiger partial charge in [-0.1, -0.05) is 12.1 Å². The number of aryl methyl sites for hydroxylation is 1. The number of nitrogen functional groups attached to an aromatic ring is 1. The van der Waals surface area contributed by atoms with Crippen LogP contribution in [0.3, 0.4) is 0 Å². The molecule has 3 N–H and O–H groups in total. The predicted molar refractivity (Wildman–Crippen MR) is 75.6 cm³/mol. The van der Waals surface area contributed by atoms with Gasteiger partial charge in [-0.2, -0.15) is 0 Å². The van der Waals surface area contributed by atoms with Gasteiger partial charge in [0.1, 0.15) is 11.6 Å². The number of aromatic nitrogens is 1. The minimum atomic E-state index is 0.0546. The highest BCUT2D eigenvalue weighted by atomic mass is 16.5. The van der Waals surface area contributed by atoms with E-state index in [1.165, 1.54) is 5.56 Å². The topological polar surface area (TPSA) is 72.0 Å². The molecular weight excluding hydrogens is 238 g/mol. The summed E-state index contributed by atoms with van der Waals surface area (Å²) in [6, 6.07) is 9.50. The van der Waals surface area contributed by atoms with E-state index in [0.29, 0.717) is 12.2 Å². The second-order valence-corrected chi connectivity index (χ2v) is 4.35. The number of amidine groups is 1. The van der Waals surface area contributed by atoms with Gasteiger partial charge < -0.3 is 10.5 Å². The summed E-state index contributed by atoms with van der Waals surface area (Å²) in [5, 5.41) is 7.43. The van der Waals surface area contributed by atoms with Crippen molar-refractivity contribution in [1.82, 2.24) is 4.98 Å². The van der Waals surface area contributed by atoms with Crippen LogP contribution in [0.4, 0.5) is 0 Å². The highest BCUT2D eigenvalue weighted by Gasteiger charge is 2.04. The molecule has 0 radical (unpaired) electrons. The largest absolute Gasteiger partial charge is 0.493 e. The number of nitrogens with zero attached hydrogens (tertiary/aromatic N) is 1. The normalized spacial score (nSPS) is 10.2. The summed E-state index contributed by atoms with van der Waals surface area (Å²) < 4.78 is 5.76. The van der Waals surface area contributed by atoms with Crippen LogP contribution in [0.1, 0.15) is 16.7 Å². The van der Waals surface area contributed by atoms with Gasteiger partial charge in [0, 0.05) is 24.4 Å². The molecule has 0 saturated carbocycles. The van der Waals surface area contributed by atoms with Crippen molar-refractivity contribution in [1.29, 1.82) is 5.41 Å². The third-order valence-electron chi connectivity index (χ3n) is 2.90. The molecule has 0 aliphatic rings. The fourth-order valence-corrected chi connectivity index (χ4v) is 1.75. The number of hydrogen-bond acceptors (Lipinski definition) is 3. The fraction of sp³-hybridized carbons (Fsp3) is 0.200. The smallest absolute Gasteiger partial charge is 0.122 e. The van der Waals surface area contributed by atoms with Crippen LogP contribution in [-0.2, 0) is 6.42 Å². The Bertz CT molecular complexity index is 567. The van der Waals surface area contributed by atoms with Crippen LogP contribution in [0.2, 0.25) is 0 Å². The summed E-state index contributed by atoms with van der Waals surface area (Å²) in [5.74, 6) is 0.834. The lowest BCUT2D eigenvalue weighted by Crippen LogP contribution is -2.11. The minimum Gasteiger partial charge on any atom is -0.493 e. The molecule has 1 aromatic heterocycles. The van der Waals surface area contributed by atoms with Crippen molar-refractivity contribution in [3.05, 3.63) is 59.4 Å². The Kier molecular flexibility index (Phi) is 4.13. The van der Waals surface area contributed by atoms with E-state index in [2.05, 4.69) is 4.98 Å². The third-order valence-corrected chi connectivity index (χ3v) is 2.90. The minimum absolute atomic E-state index is 0.0546. The molecule has 98 valence electrons. The number of nitrogens with two attached hydrogens (primary N) is 1. The zero-order chi connectivity index (χ0) is 13.7. The number of nitrogens with one attached hydrogen (secondary N) is 1. The maximum atomic E-state index is 7.43. The molecule has 4 nitrogen and oxygen atoms in total. The maximum Gasteiger partial charge on any atom is 0.122 e. The first-order valence-corrected chi connectivity index (χ1v) is 6.13. The van der Waals surface area contributed by atoms with Gasteiger partial charge in [-0.05, 0) is 36.2 Å². The Hall–Kier alpha value is -2.36. The number of ether oxygens (including phenoxy) is 1. The van der Waals surface area contributed by atoms with Gasteiger partial charge in [-0.15, -0.1) is 0 Å². The van der Waals surface area contributed by atoms with E-state index in [9.17, 15) is 0 Å². The number of hydrogen-bond donors (Lipinski definition) is 2. The van der Waals surface area contributed by atoms with E-state index in [1.54, 1.807) is 12.4 Å². The Morgan fingerprint density at radius 1 is 1.26 bits per heavy atom. The second-order valence-electron chi connectivity index (χ2n) is 4.35. The molecule has 0 unspecified atom stereocenters. The first kappa shape index (κ1) is 13.1. The summed E-state index contributed by atoms with van der Waals surface area (Å²) in [4.78, 5) is 3.98. The molecule has 0 atom stereocenters. The summed E-state index contributed by atoms with van der Waals surface area (Å²) >= 11 is 0. The summed E-state index contributed by atoms with van der Waals surface area (Å²) in [6.45, 7) is 2.57. The molecule has 2 rings (SSSR count). The number of benzene rings is 1. The van der Waals surface area contributed by atoms with Gasteiger partial charge in [0.2, 0.25) is 0 Å². The quantitative estimate of drug-likeness (QED) is 0.636. The molecule has 1 heterocycles. The average molecular weight is 255 g/mol. The highest BCUT2D eigenvalue weighted by molar-refractivity contribution is 5.95. The zero-order valence-corrected chi connectivity index (χ0v) is 10.9. The van der Waals surface area contributed by atoms with Gasteiger partial charge in [0.25, 0.3) is 0 Å². The maximum absolute atomic E-state index is 7.43. The molecule has 2 aromatic rings. The average Bonchev–Trinajstić information content (AvgIpc) is 2.42. The van der Waals surface area contributed by atoms with Crippen molar-refractivity contribution in [2.24, 2.45) is 5.73 Å². The van der Waals surface area contributed by atoms with Crippen LogP contribution >= 0.6 is 0 Å². The van der Waals surface area contributed by atoms with Crippen LogP contribution in [0, 0.1) is 12.3 Å². The van der Waals surface area contributed by atoms with Crippen LogP contribution < -0.4 is 10.5 Å². The van der Waals surface area contributed by atoms with Gasteiger partial charge >= 0.3 is 0 Å². The Labute approximate surface area is 112 Å². The fourth-order valence-electron chi connectivity index (χ4n) is 1.75. The number of rotatable bonds is 5. The van der Waals surface area contributed by atoms with E-state index in [4.69, 9.17) is 15.9 Å². The highest BCUT2D eigenvalue weighted by Crippen LogP contribution is 2.19. The van der Waals surface area contributed by atoms with Crippen LogP contribution in [0.25, 0.3) is 0 Å². The Morgan fingerprint density at radius 2 is 2.00 bits per heavy atom. The first-order chi connectivity index (χ1) is 9.16. The molecule has 0 aliphatic heterocycles. The van der Waals surface area contributed by atoms with Crippen LogP contribution in [0.15, 0.2) is 42.7 Å². The molecular formula is C15H17N3O. The van der Waals surface area contributed by atoms with E-state index in [-0.39, 0.29) is 5.84 Å². The van der Waals surface area contributed by atoms with Gasteiger partial charge in [0.15, 0.2) is 0 Å². The molecule has 0 fully saturated rings. The summed E-state index contributed by atoms with van der Waals surface area (Å²) in [7, 11) is 0. The van der Waals surface area contributed by atoms with Crippen molar-refractivity contribution in [3.8, 4) is 5.75 Å². The molecule has 0 spiro atoms. The van der Waals surface area contributed by atoms with E-state index in [0.717, 1.165) is 17.7 Å². The first-order valence-electron chi connectivity index (χ1n) is 6.13.